The molecule has 0 radical (unpaired) electrons. The van der Waals surface area contributed by atoms with Gasteiger partial charge < -0.3 is 5.73 Å². The lowest BCUT2D eigenvalue weighted by Crippen LogP contribution is -2.17. The van der Waals surface area contributed by atoms with Crippen LogP contribution in [-0.4, -0.2) is 11.0 Å². The van der Waals surface area contributed by atoms with Gasteiger partial charge in [-0.2, -0.15) is 0 Å². The molecule has 74 valence electrons. The second-order valence-corrected chi connectivity index (χ2v) is 4.91. The molecule has 0 saturated heterocycles. The first-order valence-corrected chi connectivity index (χ1v) is 5.59. The van der Waals surface area contributed by atoms with Crippen molar-refractivity contribution in [3.05, 3.63) is 28.8 Å². The molecule has 0 aliphatic heterocycles. The summed E-state index contributed by atoms with van der Waals surface area (Å²) in [5.74, 6) is 0. The predicted octanol–water partition coefficient (Wildman–Crippen LogP) is 2.49. The number of aryl methyl sites for hydroxylation is 1. The van der Waals surface area contributed by atoms with Crippen LogP contribution < -0.4 is 5.73 Å². The van der Waals surface area contributed by atoms with Gasteiger partial charge in [-0.15, -0.1) is 11.3 Å². The highest BCUT2D eigenvalue weighted by Crippen LogP contribution is 2.24. The third-order valence-corrected chi connectivity index (χ3v) is 3.09. The minimum Gasteiger partial charge on any atom is -0.328 e. The van der Waals surface area contributed by atoms with Crippen molar-refractivity contribution in [3.63, 3.8) is 0 Å². The van der Waals surface area contributed by atoms with Gasteiger partial charge in [0.25, 0.3) is 0 Å². The number of thiazole rings is 1. The van der Waals surface area contributed by atoms with Crippen molar-refractivity contribution < 1.29 is 0 Å². The molecule has 2 aromatic rings. The monoisotopic (exact) mass is 206 g/mol. The molecule has 0 saturated carbocycles. The number of nitrogens with zero attached hydrogens (tertiary/aromatic N) is 1. The average molecular weight is 206 g/mol. The van der Waals surface area contributed by atoms with Gasteiger partial charge in [0, 0.05) is 6.04 Å². The fourth-order valence-corrected chi connectivity index (χ4v) is 2.50. The first-order chi connectivity index (χ1) is 6.66. The summed E-state index contributed by atoms with van der Waals surface area (Å²) >= 11 is 1.74. The number of aromatic nitrogens is 1. The van der Waals surface area contributed by atoms with Crippen LogP contribution in [0.15, 0.2) is 18.2 Å². The van der Waals surface area contributed by atoms with E-state index in [2.05, 4.69) is 23.2 Å². The molecule has 0 bridgehead atoms. The van der Waals surface area contributed by atoms with Crippen molar-refractivity contribution in [3.8, 4) is 0 Å². The fourth-order valence-electron chi connectivity index (χ4n) is 1.63. The van der Waals surface area contributed by atoms with Crippen LogP contribution in [0.25, 0.3) is 10.2 Å². The summed E-state index contributed by atoms with van der Waals surface area (Å²) in [6.07, 6.45) is 0.903. The Hall–Kier alpha value is -0.930. The Morgan fingerprint density at radius 3 is 3.00 bits per heavy atom. The maximum Gasteiger partial charge on any atom is 0.0907 e. The number of rotatable bonds is 2. The number of benzene rings is 1. The van der Waals surface area contributed by atoms with Crippen LogP contribution in [0, 0.1) is 6.92 Å². The lowest BCUT2D eigenvalue weighted by Gasteiger charge is -2.05. The first-order valence-electron chi connectivity index (χ1n) is 4.77. The predicted molar refractivity (Wildman–Crippen MR) is 61.7 cm³/mol. The Labute approximate surface area is 87.8 Å². The summed E-state index contributed by atoms with van der Waals surface area (Å²) in [6.45, 7) is 4.07. The van der Waals surface area contributed by atoms with Crippen LogP contribution >= 0.6 is 11.3 Å². The standard InChI is InChI=1S/C11H14N2S/c1-7(12)6-9-4-3-5-10-11(9)13-8(2)14-10/h3-5,7H,6,12H2,1-2H3. The molecular weight excluding hydrogens is 192 g/mol. The molecule has 1 aromatic carbocycles. The van der Waals surface area contributed by atoms with Crippen LogP contribution in [0.3, 0.4) is 0 Å². The molecule has 0 spiro atoms. The van der Waals surface area contributed by atoms with Gasteiger partial charge in [0.05, 0.1) is 15.2 Å². The van der Waals surface area contributed by atoms with Gasteiger partial charge in [0.1, 0.15) is 0 Å². The summed E-state index contributed by atoms with van der Waals surface area (Å²) in [6, 6.07) is 6.51. The molecular formula is C11H14N2S. The van der Waals surface area contributed by atoms with Gasteiger partial charge in [0.15, 0.2) is 0 Å². The van der Waals surface area contributed by atoms with E-state index in [1.807, 2.05) is 13.8 Å². The van der Waals surface area contributed by atoms with E-state index in [1.165, 1.54) is 10.3 Å². The molecule has 2 nitrogen and oxygen atoms in total. The Morgan fingerprint density at radius 1 is 1.50 bits per heavy atom. The van der Waals surface area contributed by atoms with E-state index in [4.69, 9.17) is 5.73 Å². The van der Waals surface area contributed by atoms with Crippen molar-refractivity contribution in [2.75, 3.05) is 0 Å². The highest BCUT2D eigenvalue weighted by atomic mass is 32.1. The molecule has 0 aliphatic carbocycles. The first kappa shape index (κ1) is 9.62. The number of hydrogen-bond donors (Lipinski definition) is 1. The van der Waals surface area contributed by atoms with E-state index < -0.39 is 0 Å². The van der Waals surface area contributed by atoms with E-state index in [0.717, 1.165) is 16.9 Å². The zero-order valence-electron chi connectivity index (χ0n) is 8.45. The molecule has 2 rings (SSSR count). The Morgan fingerprint density at radius 2 is 2.29 bits per heavy atom. The molecule has 14 heavy (non-hydrogen) atoms. The highest BCUT2D eigenvalue weighted by Gasteiger charge is 2.06. The van der Waals surface area contributed by atoms with Gasteiger partial charge in [-0.25, -0.2) is 4.98 Å². The summed E-state index contributed by atoms with van der Waals surface area (Å²) in [4.78, 5) is 4.53. The van der Waals surface area contributed by atoms with Crippen LogP contribution in [0.4, 0.5) is 0 Å². The molecule has 0 fully saturated rings. The smallest absolute Gasteiger partial charge is 0.0907 e. The quantitative estimate of drug-likeness (QED) is 0.820. The lowest BCUT2D eigenvalue weighted by molar-refractivity contribution is 0.741. The Balaban J connectivity index is 2.53. The number of hydrogen-bond acceptors (Lipinski definition) is 3. The van der Waals surface area contributed by atoms with Gasteiger partial charge in [-0.1, -0.05) is 12.1 Å². The summed E-state index contributed by atoms with van der Waals surface area (Å²) in [7, 11) is 0. The van der Waals surface area contributed by atoms with Crippen LogP contribution in [0.2, 0.25) is 0 Å². The molecule has 1 heterocycles. The van der Waals surface area contributed by atoms with Crippen LogP contribution in [-0.2, 0) is 6.42 Å². The van der Waals surface area contributed by atoms with Crippen molar-refractivity contribution in [2.24, 2.45) is 5.73 Å². The Bertz CT molecular complexity index is 445. The second kappa shape index (κ2) is 3.67. The van der Waals surface area contributed by atoms with Crippen LogP contribution in [0.1, 0.15) is 17.5 Å². The summed E-state index contributed by atoms with van der Waals surface area (Å²) in [5.41, 5.74) is 8.20. The summed E-state index contributed by atoms with van der Waals surface area (Å²) in [5, 5.41) is 1.12. The Kier molecular flexibility index (Phi) is 2.52. The van der Waals surface area contributed by atoms with Gasteiger partial charge in [-0.05, 0) is 31.9 Å². The molecule has 1 aromatic heterocycles. The molecule has 3 heteroatoms. The van der Waals surface area contributed by atoms with Crippen molar-refractivity contribution in [1.29, 1.82) is 0 Å². The second-order valence-electron chi connectivity index (χ2n) is 3.68. The fraction of sp³-hybridized carbons (Fsp3) is 0.364. The largest absolute Gasteiger partial charge is 0.328 e. The maximum absolute atomic E-state index is 5.80. The van der Waals surface area contributed by atoms with E-state index in [9.17, 15) is 0 Å². The topological polar surface area (TPSA) is 38.9 Å². The van der Waals surface area contributed by atoms with E-state index in [1.54, 1.807) is 11.3 Å². The van der Waals surface area contributed by atoms with Crippen LogP contribution in [0.5, 0.6) is 0 Å². The van der Waals surface area contributed by atoms with Crippen molar-refractivity contribution in [2.45, 2.75) is 26.3 Å². The number of nitrogens with two attached hydrogens (primary N) is 1. The maximum atomic E-state index is 5.80. The molecule has 0 aliphatic rings. The van der Waals surface area contributed by atoms with Crippen molar-refractivity contribution in [1.82, 2.24) is 4.98 Å². The normalized spacial score (nSPS) is 13.4. The highest BCUT2D eigenvalue weighted by molar-refractivity contribution is 7.18. The average Bonchev–Trinajstić information content (AvgIpc) is 2.45. The number of fused-ring (bicyclic) bond motifs is 1. The van der Waals surface area contributed by atoms with Gasteiger partial charge >= 0.3 is 0 Å². The summed E-state index contributed by atoms with van der Waals surface area (Å²) < 4.78 is 1.26. The number of para-hydroxylation sites is 1. The van der Waals surface area contributed by atoms with E-state index >= 15 is 0 Å². The van der Waals surface area contributed by atoms with Gasteiger partial charge in [0.2, 0.25) is 0 Å². The SMILES string of the molecule is Cc1nc2c(CC(C)N)cccc2s1. The van der Waals surface area contributed by atoms with Gasteiger partial charge in [-0.3, -0.25) is 0 Å². The van der Waals surface area contributed by atoms with E-state index in [-0.39, 0.29) is 6.04 Å². The molecule has 0 amide bonds. The molecule has 2 N–H and O–H groups in total. The zero-order chi connectivity index (χ0) is 10.1. The molecule has 1 atom stereocenters. The third-order valence-electron chi connectivity index (χ3n) is 2.15. The molecule has 1 unspecified atom stereocenters. The third kappa shape index (κ3) is 1.79. The minimum atomic E-state index is 0.197. The minimum absolute atomic E-state index is 0.197. The van der Waals surface area contributed by atoms with Crippen molar-refractivity contribution >= 4 is 21.6 Å². The van der Waals surface area contributed by atoms with E-state index in [0.29, 0.717) is 0 Å². The zero-order valence-corrected chi connectivity index (χ0v) is 9.27. The lowest BCUT2D eigenvalue weighted by atomic mass is 10.1.